The second kappa shape index (κ2) is 5.82. The first-order chi connectivity index (χ1) is 9.81. The summed E-state index contributed by atoms with van der Waals surface area (Å²) in [5, 5.41) is 3.31. The van der Waals surface area contributed by atoms with Gasteiger partial charge >= 0.3 is 0 Å². The maximum absolute atomic E-state index is 11.9. The minimum atomic E-state index is -3.46. The number of hydrogen-bond acceptors (Lipinski definition) is 5. The van der Waals surface area contributed by atoms with Crippen LogP contribution in [-0.4, -0.2) is 46.5 Å². The molecule has 0 heterocycles. The number of anilines is 2. The summed E-state index contributed by atoms with van der Waals surface area (Å²) < 4.78 is 26.0. The summed E-state index contributed by atoms with van der Waals surface area (Å²) in [6.45, 7) is 0.757. The summed E-state index contributed by atoms with van der Waals surface area (Å²) in [7, 11) is 2.09. The largest absolute Gasteiger partial charge is 0.397 e. The topological polar surface area (TPSA) is 87.5 Å². The smallest absolute Gasteiger partial charge is 0.240 e. The monoisotopic (exact) mass is 312 g/mol. The van der Waals surface area contributed by atoms with E-state index in [1.165, 1.54) is 19.5 Å². The van der Waals surface area contributed by atoms with Crippen molar-refractivity contribution in [2.75, 3.05) is 38.7 Å². The molecule has 2 rings (SSSR count). The molecule has 1 aromatic rings. The molecule has 1 fully saturated rings. The van der Waals surface area contributed by atoms with Crippen LogP contribution in [0.2, 0.25) is 0 Å². The van der Waals surface area contributed by atoms with Gasteiger partial charge in [0, 0.05) is 12.1 Å². The standard InChI is InChI=1S/C14H24N4O2S/c1-16-21(19,20)11-5-6-12(15)13(9-11)17-10-14(18(2)3)7-4-8-14/h5-6,9,16-17H,4,7-8,10,15H2,1-3H3. The zero-order valence-electron chi connectivity index (χ0n) is 12.8. The third kappa shape index (κ3) is 3.14. The van der Waals surface area contributed by atoms with Gasteiger partial charge in [-0.1, -0.05) is 0 Å². The molecule has 1 aliphatic carbocycles. The van der Waals surface area contributed by atoms with Crippen molar-refractivity contribution < 1.29 is 8.42 Å². The molecule has 0 unspecified atom stereocenters. The lowest BCUT2D eigenvalue weighted by molar-refractivity contribution is 0.0739. The number of nitrogens with zero attached hydrogens (tertiary/aromatic N) is 1. The lowest BCUT2D eigenvalue weighted by Gasteiger charge is -2.47. The number of rotatable bonds is 6. The van der Waals surface area contributed by atoms with Gasteiger partial charge in [0.25, 0.3) is 0 Å². The average molecular weight is 312 g/mol. The quantitative estimate of drug-likeness (QED) is 0.684. The van der Waals surface area contributed by atoms with Gasteiger partial charge in [0.05, 0.1) is 16.3 Å². The van der Waals surface area contributed by atoms with Gasteiger partial charge in [0.15, 0.2) is 0 Å². The lowest BCUT2D eigenvalue weighted by atomic mass is 9.75. The number of hydrogen-bond donors (Lipinski definition) is 3. The van der Waals surface area contributed by atoms with Gasteiger partial charge in [-0.05, 0) is 58.6 Å². The fourth-order valence-electron chi connectivity index (χ4n) is 2.60. The van der Waals surface area contributed by atoms with Crippen molar-refractivity contribution >= 4 is 21.4 Å². The van der Waals surface area contributed by atoms with Gasteiger partial charge < -0.3 is 16.0 Å². The molecule has 1 aromatic carbocycles. The Morgan fingerprint density at radius 1 is 1.33 bits per heavy atom. The Bertz CT molecular complexity index is 609. The molecule has 0 aliphatic heterocycles. The summed E-state index contributed by atoms with van der Waals surface area (Å²) in [5.74, 6) is 0. The van der Waals surface area contributed by atoms with Gasteiger partial charge in [0.2, 0.25) is 10.0 Å². The Balaban J connectivity index is 2.18. The van der Waals surface area contributed by atoms with E-state index in [4.69, 9.17) is 5.73 Å². The lowest BCUT2D eigenvalue weighted by Crippen LogP contribution is -2.54. The van der Waals surface area contributed by atoms with Crippen molar-refractivity contribution in [3.63, 3.8) is 0 Å². The summed E-state index contributed by atoms with van der Waals surface area (Å²) in [4.78, 5) is 2.45. The first-order valence-electron chi connectivity index (χ1n) is 7.05. The van der Waals surface area contributed by atoms with E-state index < -0.39 is 10.0 Å². The highest BCUT2D eigenvalue weighted by atomic mass is 32.2. The third-order valence-corrected chi connectivity index (χ3v) is 5.86. The normalized spacial score (nSPS) is 17.5. The van der Waals surface area contributed by atoms with Crippen LogP contribution in [0.5, 0.6) is 0 Å². The van der Waals surface area contributed by atoms with Crippen LogP contribution >= 0.6 is 0 Å². The summed E-state index contributed by atoms with van der Waals surface area (Å²) in [5.41, 5.74) is 7.31. The average Bonchev–Trinajstić information content (AvgIpc) is 2.38. The third-order valence-electron chi connectivity index (χ3n) is 4.44. The summed E-state index contributed by atoms with van der Waals surface area (Å²) in [6.07, 6.45) is 3.51. The molecule has 118 valence electrons. The van der Waals surface area contributed by atoms with Gasteiger partial charge in [-0.25, -0.2) is 13.1 Å². The minimum absolute atomic E-state index is 0.143. The highest BCUT2D eigenvalue weighted by Crippen LogP contribution is 2.36. The first kappa shape index (κ1) is 16.1. The van der Waals surface area contributed by atoms with Crippen molar-refractivity contribution in [1.82, 2.24) is 9.62 Å². The molecular weight excluding hydrogens is 288 g/mol. The molecule has 1 aliphatic rings. The van der Waals surface area contributed by atoms with E-state index in [1.54, 1.807) is 12.1 Å². The van der Waals surface area contributed by atoms with Gasteiger partial charge in [-0.3, -0.25) is 0 Å². The molecule has 7 heteroatoms. The van der Waals surface area contributed by atoms with Crippen LogP contribution in [0.25, 0.3) is 0 Å². The second-order valence-corrected chi connectivity index (χ2v) is 7.67. The molecule has 6 nitrogen and oxygen atoms in total. The van der Waals surface area contributed by atoms with E-state index >= 15 is 0 Å². The molecule has 4 N–H and O–H groups in total. The highest BCUT2D eigenvalue weighted by Gasteiger charge is 2.38. The Labute approximate surface area is 126 Å². The van der Waals surface area contributed by atoms with Gasteiger partial charge in [-0.15, -0.1) is 0 Å². The number of nitrogens with two attached hydrogens (primary N) is 1. The molecule has 0 saturated heterocycles. The molecule has 0 amide bonds. The van der Waals surface area contributed by atoms with E-state index in [9.17, 15) is 8.42 Å². The zero-order chi connectivity index (χ0) is 15.7. The van der Waals surface area contributed by atoms with E-state index in [0.29, 0.717) is 11.4 Å². The van der Waals surface area contributed by atoms with E-state index in [2.05, 4.69) is 29.0 Å². The summed E-state index contributed by atoms with van der Waals surface area (Å²) in [6, 6.07) is 4.72. The summed E-state index contributed by atoms with van der Waals surface area (Å²) >= 11 is 0. The fourth-order valence-corrected chi connectivity index (χ4v) is 3.36. The van der Waals surface area contributed by atoms with Crippen molar-refractivity contribution in [2.24, 2.45) is 0 Å². The van der Waals surface area contributed by atoms with Crippen molar-refractivity contribution in [2.45, 2.75) is 29.7 Å². The Morgan fingerprint density at radius 3 is 2.48 bits per heavy atom. The molecule has 0 bridgehead atoms. The number of nitrogens with one attached hydrogen (secondary N) is 2. The first-order valence-corrected chi connectivity index (χ1v) is 8.53. The van der Waals surface area contributed by atoms with Crippen LogP contribution in [0.3, 0.4) is 0 Å². The number of sulfonamides is 1. The van der Waals surface area contributed by atoms with Crippen LogP contribution in [0.4, 0.5) is 11.4 Å². The maximum Gasteiger partial charge on any atom is 0.240 e. The molecular formula is C14H24N4O2S. The SMILES string of the molecule is CNS(=O)(=O)c1ccc(N)c(NCC2(N(C)C)CCC2)c1. The second-order valence-electron chi connectivity index (χ2n) is 5.78. The molecule has 0 radical (unpaired) electrons. The van der Waals surface area contributed by atoms with Crippen LogP contribution in [0.15, 0.2) is 23.1 Å². The van der Waals surface area contributed by atoms with Crippen LogP contribution in [0, 0.1) is 0 Å². The maximum atomic E-state index is 11.9. The van der Waals surface area contributed by atoms with E-state index in [1.807, 2.05) is 0 Å². The van der Waals surface area contributed by atoms with Gasteiger partial charge in [-0.2, -0.15) is 0 Å². The Hall–Kier alpha value is -1.31. The minimum Gasteiger partial charge on any atom is -0.397 e. The Kier molecular flexibility index (Phi) is 4.46. The number of likely N-dealkylation sites (N-methyl/N-ethyl adjacent to an activating group) is 1. The van der Waals surface area contributed by atoms with Crippen molar-refractivity contribution in [1.29, 1.82) is 0 Å². The van der Waals surface area contributed by atoms with E-state index in [0.717, 1.165) is 19.4 Å². The molecule has 0 spiro atoms. The molecule has 21 heavy (non-hydrogen) atoms. The van der Waals surface area contributed by atoms with Gasteiger partial charge in [0.1, 0.15) is 0 Å². The molecule has 1 saturated carbocycles. The zero-order valence-corrected chi connectivity index (χ0v) is 13.6. The van der Waals surface area contributed by atoms with Crippen molar-refractivity contribution in [3.05, 3.63) is 18.2 Å². The van der Waals surface area contributed by atoms with Crippen LogP contribution < -0.4 is 15.8 Å². The predicted molar refractivity (Wildman–Crippen MR) is 85.9 cm³/mol. The van der Waals surface area contributed by atoms with Crippen LogP contribution in [0.1, 0.15) is 19.3 Å². The number of benzene rings is 1. The number of nitrogen functional groups attached to an aromatic ring is 1. The van der Waals surface area contributed by atoms with Crippen LogP contribution in [-0.2, 0) is 10.0 Å². The molecule has 0 atom stereocenters. The fraction of sp³-hybridized carbons (Fsp3) is 0.571. The van der Waals surface area contributed by atoms with E-state index in [-0.39, 0.29) is 10.4 Å². The Morgan fingerprint density at radius 2 is 2.00 bits per heavy atom. The predicted octanol–water partition coefficient (Wildman–Crippen LogP) is 1.07. The van der Waals surface area contributed by atoms with Crippen molar-refractivity contribution in [3.8, 4) is 0 Å². The highest BCUT2D eigenvalue weighted by molar-refractivity contribution is 7.89. The molecule has 0 aromatic heterocycles.